The highest BCUT2D eigenvalue weighted by molar-refractivity contribution is 5.96. The van der Waals surface area contributed by atoms with E-state index in [-0.39, 0.29) is 42.4 Å². The fourth-order valence-corrected chi connectivity index (χ4v) is 5.18. The smallest absolute Gasteiger partial charge is 0.417 e. The molecule has 1 aliphatic carbocycles. The summed E-state index contributed by atoms with van der Waals surface area (Å²) in [6.45, 7) is 5.56. The quantitative estimate of drug-likeness (QED) is 0.230. The lowest BCUT2D eigenvalue weighted by Crippen LogP contribution is -2.35. The fourth-order valence-electron chi connectivity index (χ4n) is 5.18. The Labute approximate surface area is 239 Å². The Morgan fingerprint density at radius 2 is 1.90 bits per heavy atom. The van der Waals surface area contributed by atoms with Crippen molar-refractivity contribution in [1.82, 2.24) is 20.3 Å². The van der Waals surface area contributed by atoms with Gasteiger partial charge in [-0.25, -0.2) is 13.8 Å². The summed E-state index contributed by atoms with van der Waals surface area (Å²) in [5.74, 6) is -2.54. The molecule has 2 aliphatic rings. The molecule has 9 nitrogen and oxygen atoms in total. The molecule has 0 bridgehead atoms. The van der Waals surface area contributed by atoms with E-state index >= 15 is 4.39 Å². The van der Waals surface area contributed by atoms with Gasteiger partial charge < -0.3 is 30.9 Å². The van der Waals surface area contributed by atoms with Gasteiger partial charge in [-0.3, -0.25) is 0 Å². The second-order valence-corrected chi connectivity index (χ2v) is 11.1. The number of anilines is 2. The van der Waals surface area contributed by atoms with Crippen LogP contribution in [0.15, 0.2) is 6.07 Å². The third-order valence-corrected chi connectivity index (χ3v) is 7.87. The van der Waals surface area contributed by atoms with Crippen molar-refractivity contribution >= 4 is 22.4 Å². The molecule has 1 unspecified atom stereocenters. The maximum atomic E-state index is 16.4. The Morgan fingerprint density at radius 3 is 2.55 bits per heavy atom. The van der Waals surface area contributed by atoms with E-state index in [0.29, 0.717) is 19.5 Å². The zero-order valence-corrected chi connectivity index (χ0v) is 23.5. The molecule has 0 spiro atoms. The molecular weight excluding hydrogens is 563 g/mol. The molecule has 5 rings (SSSR count). The van der Waals surface area contributed by atoms with Crippen molar-refractivity contribution in [2.24, 2.45) is 5.41 Å². The molecule has 0 radical (unpaired) electrons. The van der Waals surface area contributed by atoms with E-state index in [1.165, 1.54) is 0 Å². The zero-order valence-electron chi connectivity index (χ0n) is 23.5. The van der Waals surface area contributed by atoms with Crippen molar-refractivity contribution in [3.05, 3.63) is 28.8 Å². The number of hydrogen-bond donors (Lipinski definition) is 4. The Morgan fingerprint density at radius 1 is 1.17 bits per heavy atom. The van der Waals surface area contributed by atoms with Crippen LogP contribution in [0, 0.1) is 24.0 Å². The van der Waals surface area contributed by atoms with Crippen LogP contribution in [0.3, 0.4) is 0 Å². The van der Waals surface area contributed by atoms with Crippen LogP contribution >= 0.6 is 0 Å². The van der Waals surface area contributed by atoms with Gasteiger partial charge >= 0.3 is 12.2 Å². The highest BCUT2D eigenvalue weighted by Gasteiger charge is 2.43. The van der Waals surface area contributed by atoms with Crippen LogP contribution in [-0.2, 0) is 6.18 Å². The Bertz CT molecular complexity index is 1500. The maximum absolute atomic E-state index is 16.4. The molecule has 3 aromatic rings. The van der Waals surface area contributed by atoms with Gasteiger partial charge in [-0.1, -0.05) is 6.92 Å². The first-order valence-electron chi connectivity index (χ1n) is 13.8. The number of ether oxygens (including phenoxy) is 2. The van der Waals surface area contributed by atoms with E-state index in [1.54, 1.807) is 6.92 Å². The summed E-state index contributed by atoms with van der Waals surface area (Å²) < 4.78 is 85.6. The van der Waals surface area contributed by atoms with Crippen LogP contribution in [0.1, 0.15) is 50.7 Å². The molecule has 1 aliphatic heterocycles. The van der Waals surface area contributed by atoms with E-state index in [2.05, 4.69) is 25.6 Å². The number of aliphatic hydroxyl groups is 1. The number of nitrogen functional groups attached to an aromatic ring is 1. The predicted octanol–water partition coefficient (Wildman–Crippen LogP) is 4.98. The molecule has 42 heavy (non-hydrogen) atoms. The average Bonchev–Trinajstić information content (AvgIpc) is 3.72. The van der Waals surface area contributed by atoms with Gasteiger partial charge in [0.2, 0.25) is 5.88 Å². The molecule has 1 aromatic carbocycles. The molecule has 3 heterocycles. The predicted molar refractivity (Wildman–Crippen MR) is 146 cm³/mol. The van der Waals surface area contributed by atoms with Crippen LogP contribution in [0.4, 0.5) is 33.5 Å². The molecule has 0 saturated heterocycles. The van der Waals surface area contributed by atoms with Crippen molar-refractivity contribution in [3.8, 4) is 23.1 Å². The molecule has 1 fully saturated rings. The van der Waals surface area contributed by atoms with Crippen LogP contribution in [0.25, 0.3) is 22.2 Å². The number of nitrogens with two attached hydrogens (primary N) is 1. The monoisotopic (exact) mass is 596 g/mol. The Kier molecular flexibility index (Phi) is 8.05. The minimum absolute atomic E-state index is 0.0223. The van der Waals surface area contributed by atoms with E-state index in [4.69, 9.17) is 15.2 Å². The average molecular weight is 597 g/mol. The normalized spacial score (nSPS) is 20.4. The second kappa shape index (κ2) is 11.3. The van der Waals surface area contributed by atoms with Crippen molar-refractivity contribution in [3.63, 3.8) is 0 Å². The first kappa shape index (κ1) is 30.0. The standard InChI is InChI=1S/C28H33F5N6O3/c1-4-15-9-13(2)42-25-18-23(38-26(39-24(18)36-8-7-35-15)41-12-27(11-40)5-6-27)21(30)22(37-25)16-10-17(34)20(29)14(3)19(16)28(31,32)33/h10,13,15,35,40H,4-9,11-12,34H2,1-3H3,(H,36,38,39)/t13-,15?/m0/s1. The summed E-state index contributed by atoms with van der Waals surface area (Å²) in [5, 5.41) is 16.2. The second-order valence-electron chi connectivity index (χ2n) is 11.1. The highest BCUT2D eigenvalue weighted by atomic mass is 19.4. The highest BCUT2D eigenvalue weighted by Crippen LogP contribution is 2.46. The number of aliphatic hydroxyl groups excluding tert-OH is 1. The number of rotatable bonds is 6. The number of hydrogen-bond acceptors (Lipinski definition) is 9. The lowest BCUT2D eigenvalue weighted by atomic mass is 9.96. The van der Waals surface area contributed by atoms with Gasteiger partial charge in [0, 0.05) is 30.1 Å². The molecule has 14 heteroatoms. The van der Waals surface area contributed by atoms with Gasteiger partial charge in [0.25, 0.3) is 0 Å². The van der Waals surface area contributed by atoms with Gasteiger partial charge in [-0.05, 0) is 51.2 Å². The third-order valence-electron chi connectivity index (χ3n) is 7.87. The number of benzene rings is 1. The van der Waals surface area contributed by atoms with Crippen LogP contribution in [0.2, 0.25) is 0 Å². The van der Waals surface area contributed by atoms with Gasteiger partial charge in [0.05, 0.1) is 30.6 Å². The minimum atomic E-state index is -5.06. The van der Waals surface area contributed by atoms with E-state index < -0.39 is 62.9 Å². The minimum Gasteiger partial charge on any atom is -0.474 e. The number of nitrogens with zero attached hydrogens (tertiary/aromatic N) is 3. The van der Waals surface area contributed by atoms with Crippen molar-refractivity contribution in [1.29, 1.82) is 0 Å². The summed E-state index contributed by atoms with van der Waals surface area (Å²) in [7, 11) is 0. The lowest BCUT2D eigenvalue weighted by Gasteiger charge is -2.22. The van der Waals surface area contributed by atoms with E-state index in [1.807, 2.05) is 6.92 Å². The number of alkyl halides is 3. The topological polar surface area (TPSA) is 127 Å². The summed E-state index contributed by atoms with van der Waals surface area (Å²) in [6.07, 6.45) is -2.76. The van der Waals surface area contributed by atoms with Crippen LogP contribution < -0.4 is 25.8 Å². The zero-order chi connectivity index (χ0) is 30.4. The molecular formula is C28H33F5N6O3. The maximum Gasteiger partial charge on any atom is 0.417 e. The third kappa shape index (κ3) is 5.74. The van der Waals surface area contributed by atoms with Gasteiger partial charge in [-0.15, -0.1) is 0 Å². The van der Waals surface area contributed by atoms with Crippen LogP contribution in [-0.4, -0.2) is 58.5 Å². The first-order chi connectivity index (χ1) is 19.9. The van der Waals surface area contributed by atoms with E-state index in [9.17, 15) is 22.7 Å². The van der Waals surface area contributed by atoms with Crippen molar-refractivity contribution in [2.75, 3.05) is 37.4 Å². The summed E-state index contributed by atoms with van der Waals surface area (Å²) in [4.78, 5) is 12.9. The Balaban J connectivity index is 1.76. The van der Waals surface area contributed by atoms with Gasteiger partial charge in [0.15, 0.2) is 5.82 Å². The SMILES string of the molecule is CCC1C[C@H](C)Oc2nc(-c3cc(N)c(F)c(C)c3C(F)(F)F)c(F)c3nc(OCC4(CO)CC4)nc(c23)NCCN1. The fraction of sp³-hybridized carbons (Fsp3) is 0.536. The van der Waals surface area contributed by atoms with E-state index in [0.717, 1.165) is 32.3 Å². The molecule has 0 amide bonds. The van der Waals surface area contributed by atoms with Crippen LogP contribution in [0.5, 0.6) is 11.9 Å². The molecule has 228 valence electrons. The van der Waals surface area contributed by atoms with Crippen molar-refractivity contribution in [2.45, 2.75) is 64.8 Å². The summed E-state index contributed by atoms with van der Waals surface area (Å²) in [6, 6.07) is 0.546. The van der Waals surface area contributed by atoms with Gasteiger partial charge in [-0.2, -0.15) is 23.1 Å². The molecule has 1 saturated carbocycles. The Hall–Kier alpha value is -3.52. The summed E-state index contributed by atoms with van der Waals surface area (Å²) >= 11 is 0. The first-order valence-corrected chi connectivity index (χ1v) is 13.8. The number of pyridine rings is 1. The molecule has 5 N–H and O–H groups in total. The lowest BCUT2D eigenvalue weighted by molar-refractivity contribution is -0.137. The number of halogens is 5. The number of nitrogens with one attached hydrogen (secondary N) is 2. The van der Waals surface area contributed by atoms with Gasteiger partial charge in [0.1, 0.15) is 28.2 Å². The number of aromatic nitrogens is 3. The largest absolute Gasteiger partial charge is 0.474 e. The summed E-state index contributed by atoms with van der Waals surface area (Å²) in [5.41, 5.74) is 0.582. The molecule has 2 aromatic heterocycles. The van der Waals surface area contributed by atoms with Crippen molar-refractivity contribution < 1.29 is 36.5 Å². The molecule has 2 atom stereocenters.